The molecule has 0 bridgehead atoms. The van der Waals surface area contributed by atoms with E-state index in [2.05, 4.69) is 22.1 Å². The molecule has 1 unspecified atom stereocenters. The molecule has 0 aliphatic carbocycles. The molecule has 1 atom stereocenters. The molecule has 0 saturated carbocycles. The van der Waals surface area contributed by atoms with Crippen molar-refractivity contribution in [3.05, 3.63) is 72.1 Å². The van der Waals surface area contributed by atoms with Crippen molar-refractivity contribution < 1.29 is 14.3 Å². The number of anilines is 1. The molecule has 2 heterocycles. The predicted octanol–water partition coefficient (Wildman–Crippen LogP) is 4.32. The van der Waals surface area contributed by atoms with Gasteiger partial charge in [0.2, 0.25) is 5.91 Å². The molecule has 0 radical (unpaired) electrons. The van der Waals surface area contributed by atoms with E-state index in [1.807, 2.05) is 60.9 Å². The summed E-state index contributed by atoms with van der Waals surface area (Å²) in [6.07, 6.45) is 1.38. The minimum atomic E-state index is -0.388. The van der Waals surface area contributed by atoms with E-state index in [1.54, 1.807) is 6.08 Å². The fraction of sp³-hybridized carbons (Fsp3) is 0.261. The second kappa shape index (κ2) is 9.26. The SMILES string of the molecule is C=CCn1c(SCC(=O)Nc2ccc(C)c(C)c2)nnc1C1COc2ccccc2O1. The van der Waals surface area contributed by atoms with Crippen molar-refractivity contribution in [2.24, 2.45) is 0 Å². The maximum Gasteiger partial charge on any atom is 0.234 e. The zero-order chi connectivity index (χ0) is 21.8. The van der Waals surface area contributed by atoms with E-state index in [0.717, 1.165) is 11.3 Å². The van der Waals surface area contributed by atoms with Crippen molar-refractivity contribution >= 4 is 23.4 Å². The number of para-hydroxylation sites is 2. The van der Waals surface area contributed by atoms with Gasteiger partial charge >= 0.3 is 0 Å². The monoisotopic (exact) mass is 436 g/mol. The van der Waals surface area contributed by atoms with E-state index >= 15 is 0 Å². The number of amides is 1. The number of nitrogens with zero attached hydrogens (tertiary/aromatic N) is 3. The van der Waals surface area contributed by atoms with E-state index in [0.29, 0.717) is 35.6 Å². The van der Waals surface area contributed by atoms with Gasteiger partial charge in [0.15, 0.2) is 28.6 Å². The molecule has 0 saturated heterocycles. The number of thioether (sulfide) groups is 1. The maximum atomic E-state index is 12.4. The molecule has 1 aliphatic heterocycles. The number of benzene rings is 2. The number of hydrogen-bond acceptors (Lipinski definition) is 6. The van der Waals surface area contributed by atoms with Gasteiger partial charge in [0.05, 0.1) is 5.75 Å². The minimum absolute atomic E-state index is 0.103. The summed E-state index contributed by atoms with van der Waals surface area (Å²) in [5.74, 6) is 2.15. The van der Waals surface area contributed by atoms with Crippen molar-refractivity contribution in [1.29, 1.82) is 0 Å². The van der Waals surface area contributed by atoms with Crippen molar-refractivity contribution in [1.82, 2.24) is 14.8 Å². The third kappa shape index (κ3) is 4.74. The van der Waals surface area contributed by atoms with E-state index in [4.69, 9.17) is 9.47 Å². The van der Waals surface area contributed by atoms with Gasteiger partial charge in [-0.1, -0.05) is 36.0 Å². The summed E-state index contributed by atoms with van der Waals surface area (Å²) in [6, 6.07) is 13.4. The first-order valence-electron chi connectivity index (χ1n) is 9.97. The van der Waals surface area contributed by atoms with E-state index in [1.165, 1.54) is 17.3 Å². The number of allylic oxidation sites excluding steroid dienone is 1. The Morgan fingerprint density at radius 2 is 2.03 bits per heavy atom. The van der Waals surface area contributed by atoms with Gasteiger partial charge in [-0.15, -0.1) is 16.8 Å². The Balaban J connectivity index is 1.44. The van der Waals surface area contributed by atoms with Gasteiger partial charge < -0.3 is 14.8 Å². The van der Waals surface area contributed by atoms with E-state index in [9.17, 15) is 4.79 Å². The van der Waals surface area contributed by atoms with Crippen LogP contribution in [0.15, 0.2) is 60.3 Å². The first kappa shape index (κ1) is 21.0. The van der Waals surface area contributed by atoms with Crippen LogP contribution in [0.2, 0.25) is 0 Å². The number of aryl methyl sites for hydroxylation is 2. The third-order valence-electron chi connectivity index (χ3n) is 4.98. The van der Waals surface area contributed by atoms with E-state index < -0.39 is 0 Å². The molecule has 0 spiro atoms. The Labute approximate surface area is 185 Å². The molecule has 160 valence electrons. The molecule has 3 aromatic rings. The van der Waals surface area contributed by atoms with E-state index in [-0.39, 0.29) is 17.8 Å². The van der Waals surface area contributed by atoms with Gasteiger partial charge in [0, 0.05) is 12.2 Å². The molecule has 1 aliphatic rings. The lowest BCUT2D eigenvalue weighted by molar-refractivity contribution is -0.113. The molecule has 2 aromatic carbocycles. The number of carbonyl (C=O) groups excluding carboxylic acids is 1. The smallest absolute Gasteiger partial charge is 0.234 e. The van der Waals surface area contributed by atoms with Crippen LogP contribution in [0.25, 0.3) is 0 Å². The molecule has 0 fully saturated rings. The number of aromatic nitrogens is 3. The molecular weight excluding hydrogens is 412 g/mol. The standard InChI is InChI=1S/C23H24N4O3S/c1-4-11-27-22(20-13-29-18-7-5-6-8-19(18)30-20)25-26-23(27)31-14-21(28)24-17-10-9-15(2)16(3)12-17/h4-10,12,20H,1,11,13-14H2,2-3H3,(H,24,28). The van der Waals surface area contributed by atoms with Crippen LogP contribution in [0.3, 0.4) is 0 Å². The Kier molecular flexibility index (Phi) is 6.27. The second-order valence-electron chi connectivity index (χ2n) is 7.24. The fourth-order valence-corrected chi connectivity index (χ4v) is 3.99. The summed E-state index contributed by atoms with van der Waals surface area (Å²) in [4.78, 5) is 12.4. The van der Waals surface area contributed by atoms with Crippen LogP contribution < -0.4 is 14.8 Å². The highest BCUT2D eigenvalue weighted by atomic mass is 32.2. The van der Waals surface area contributed by atoms with Gasteiger partial charge in [-0.25, -0.2) is 0 Å². The van der Waals surface area contributed by atoms with Crippen molar-refractivity contribution in [3.8, 4) is 11.5 Å². The van der Waals surface area contributed by atoms with Gasteiger partial charge in [0.1, 0.15) is 6.61 Å². The highest BCUT2D eigenvalue weighted by molar-refractivity contribution is 7.99. The Bertz CT molecular complexity index is 1110. The molecule has 7 nitrogen and oxygen atoms in total. The zero-order valence-corrected chi connectivity index (χ0v) is 18.3. The van der Waals surface area contributed by atoms with Crippen LogP contribution in [0, 0.1) is 13.8 Å². The Morgan fingerprint density at radius 1 is 1.23 bits per heavy atom. The summed E-state index contributed by atoms with van der Waals surface area (Å²) in [5.41, 5.74) is 3.11. The molecule has 31 heavy (non-hydrogen) atoms. The molecule has 1 N–H and O–H groups in total. The van der Waals surface area contributed by atoms with Crippen LogP contribution in [0.5, 0.6) is 11.5 Å². The summed E-state index contributed by atoms with van der Waals surface area (Å²) in [6.45, 7) is 8.74. The van der Waals surface area contributed by atoms with Crippen LogP contribution in [-0.2, 0) is 11.3 Å². The van der Waals surface area contributed by atoms with Gasteiger partial charge in [-0.3, -0.25) is 9.36 Å². The van der Waals surface area contributed by atoms with Crippen LogP contribution in [0.4, 0.5) is 5.69 Å². The quantitative estimate of drug-likeness (QED) is 0.439. The minimum Gasteiger partial charge on any atom is -0.485 e. The molecule has 1 amide bonds. The molecule has 8 heteroatoms. The van der Waals surface area contributed by atoms with Crippen LogP contribution >= 0.6 is 11.8 Å². The summed E-state index contributed by atoms with van der Waals surface area (Å²) in [5, 5.41) is 12.2. The third-order valence-corrected chi connectivity index (χ3v) is 5.94. The first-order valence-corrected chi connectivity index (χ1v) is 11.0. The van der Waals surface area contributed by atoms with Crippen molar-refractivity contribution in [2.75, 3.05) is 17.7 Å². The molecular formula is C23H24N4O3S. The highest BCUT2D eigenvalue weighted by Crippen LogP contribution is 2.36. The Morgan fingerprint density at radius 3 is 2.81 bits per heavy atom. The number of hydrogen-bond donors (Lipinski definition) is 1. The highest BCUT2D eigenvalue weighted by Gasteiger charge is 2.28. The number of nitrogens with one attached hydrogen (secondary N) is 1. The summed E-state index contributed by atoms with van der Waals surface area (Å²) < 4.78 is 13.8. The number of ether oxygens (including phenoxy) is 2. The van der Waals surface area contributed by atoms with Crippen molar-refractivity contribution in [2.45, 2.75) is 31.7 Å². The predicted molar refractivity (Wildman–Crippen MR) is 121 cm³/mol. The Hall–Kier alpha value is -3.26. The van der Waals surface area contributed by atoms with Crippen LogP contribution in [0.1, 0.15) is 23.1 Å². The maximum absolute atomic E-state index is 12.4. The lowest BCUT2D eigenvalue weighted by Gasteiger charge is -2.26. The summed E-state index contributed by atoms with van der Waals surface area (Å²) >= 11 is 1.33. The number of rotatable bonds is 7. The average Bonchev–Trinajstić information content (AvgIpc) is 3.17. The molecule has 1 aromatic heterocycles. The van der Waals surface area contributed by atoms with Crippen molar-refractivity contribution in [3.63, 3.8) is 0 Å². The number of carbonyl (C=O) groups is 1. The fourth-order valence-electron chi connectivity index (χ4n) is 3.24. The van der Waals surface area contributed by atoms with Gasteiger partial charge in [-0.2, -0.15) is 0 Å². The second-order valence-corrected chi connectivity index (χ2v) is 8.18. The lowest BCUT2D eigenvalue weighted by Crippen LogP contribution is -2.25. The number of fused-ring (bicyclic) bond motifs is 1. The zero-order valence-electron chi connectivity index (χ0n) is 17.5. The normalized spacial score (nSPS) is 14.8. The summed E-state index contributed by atoms with van der Waals surface area (Å²) in [7, 11) is 0. The van der Waals surface area contributed by atoms with Crippen LogP contribution in [-0.4, -0.2) is 33.0 Å². The van der Waals surface area contributed by atoms with Gasteiger partial charge in [0.25, 0.3) is 0 Å². The topological polar surface area (TPSA) is 78.3 Å². The average molecular weight is 437 g/mol. The lowest BCUT2D eigenvalue weighted by atomic mass is 10.1. The van der Waals surface area contributed by atoms with Gasteiger partial charge in [-0.05, 0) is 49.2 Å². The molecule has 4 rings (SSSR count). The first-order chi connectivity index (χ1) is 15.0. The largest absolute Gasteiger partial charge is 0.485 e.